The van der Waals surface area contributed by atoms with Gasteiger partial charge in [0.1, 0.15) is 0 Å². The van der Waals surface area contributed by atoms with E-state index < -0.39 is 11.8 Å². The summed E-state index contributed by atoms with van der Waals surface area (Å²) in [5.74, 6) is -1.93. The van der Waals surface area contributed by atoms with Crippen LogP contribution < -0.4 is 16.0 Å². The Balaban J connectivity index is 1.57. The number of anilines is 1. The lowest BCUT2D eigenvalue weighted by atomic mass is 10.1. The summed E-state index contributed by atoms with van der Waals surface area (Å²) in [6.45, 7) is 2.68. The van der Waals surface area contributed by atoms with Gasteiger partial charge in [-0.05, 0) is 35.2 Å². The Morgan fingerprint density at radius 3 is 1.94 bits per heavy atom. The molecule has 0 saturated heterocycles. The third kappa shape index (κ3) is 6.27. The van der Waals surface area contributed by atoms with E-state index in [9.17, 15) is 14.4 Å². The Labute approximate surface area is 181 Å². The van der Waals surface area contributed by atoms with Crippen LogP contribution in [0.1, 0.15) is 34.0 Å². The number of carbonyl (C=O) groups excluding carboxylic acids is 3. The molecule has 0 aliphatic rings. The fourth-order valence-corrected chi connectivity index (χ4v) is 3.00. The number of aryl methyl sites for hydroxylation is 1. The van der Waals surface area contributed by atoms with Gasteiger partial charge < -0.3 is 16.0 Å². The van der Waals surface area contributed by atoms with E-state index in [1.165, 1.54) is 5.56 Å². The van der Waals surface area contributed by atoms with Crippen molar-refractivity contribution in [3.8, 4) is 0 Å². The fraction of sp³-hybridized carbons (Fsp3) is 0.160. The average molecular weight is 415 g/mol. The van der Waals surface area contributed by atoms with Crippen molar-refractivity contribution in [1.82, 2.24) is 10.6 Å². The van der Waals surface area contributed by atoms with Gasteiger partial charge in [0.05, 0.1) is 11.3 Å². The topological polar surface area (TPSA) is 87.3 Å². The van der Waals surface area contributed by atoms with E-state index in [1.54, 1.807) is 24.3 Å². The standard InChI is InChI=1S/C25H25N3O3/c1-2-18-12-14-20(15-13-18)17-27-24(30)25(31)28-22-11-7-6-10-21(22)23(29)26-16-19-8-4-3-5-9-19/h3-15H,2,16-17H2,1H3,(H,26,29)(H,27,30)(H,28,31). The Morgan fingerprint density at radius 1 is 0.645 bits per heavy atom. The molecule has 3 aromatic carbocycles. The van der Waals surface area contributed by atoms with Gasteiger partial charge in [0.25, 0.3) is 5.91 Å². The molecule has 158 valence electrons. The smallest absolute Gasteiger partial charge is 0.313 e. The highest BCUT2D eigenvalue weighted by Gasteiger charge is 2.17. The van der Waals surface area contributed by atoms with Crippen molar-refractivity contribution in [2.24, 2.45) is 0 Å². The van der Waals surface area contributed by atoms with Gasteiger partial charge in [-0.3, -0.25) is 14.4 Å². The molecule has 6 heteroatoms. The molecule has 0 saturated carbocycles. The number of para-hydroxylation sites is 1. The van der Waals surface area contributed by atoms with Crippen molar-refractivity contribution in [2.75, 3.05) is 5.32 Å². The van der Waals surface area contributed by atoms with Crippen LogP contribution in [0.2, 0.25) is 0 Å². The van der Waals surface area contributed by atoms with Crippen molar-refractivity contribution in [3.63, 3.8) is 0 Å². The third-order valence-corrected chi connectivity index (χ3v) is 4.81. The summed E-state index contributed by atoms with van der Waals surface area (Å²) in [5.41, 5.74) is 3.63. The highest BCUT2D eigenvalue weighted by molar-refractivity contribution is 6.40. The van der Waals surface area contributed by atoms with Gasteiger partial charge in [-0.2, -0.15) is 0 Å². The summed E-state index contributed by atoms with van der Waals surface area (Å²) in [6.07, 6.45) is 0.938. The molecule has 3 aromatic rings. The molecule has 0 bridgehead atoms. The molecule has 0 heterocycles. The minimum Gasteiger partial charge on any atom is -0.348 e. The average Bonchev–Trinajstić information content (AvgIpc) is 2.82. The normalized spacial score (nSPS) is 10.2. The van der Waals surface area contributed by atoms with Gasteiger partial charge in [0.15, 0.2) is 0 Å². The Bertz CT molecular complexity index is 1050. The number of nitrogens with one attached hydrogen (secondary N) is 3. The third-order valence-electron chi connectivity index (χ3n) is 4.81. The van der Waals surface area contributed by atoms with Crippen LogP contribution in [0.4, 0.5) is 5.69 Å². The Hall–Kier alpha value is -3.93. The zero-order valence-electron chi connectivity index (χ0n) is 17.4. The fourth-order valence-electron chi connectivity index (χ4n) is 3.00. The van der Waals surface area contributed by atoms with E-state index in [2.05, 4.69) is 22.9 Å². The first-order valence-electron chi connectivity index (χ1n) is 10.1. The number of amides is 3. The van der Waals surface area contributed by atoms with Crippen LogP contribution in [0.15, 0.2) is 78.9 Å². The Morgan fingerprint density at radius 2 is 1.23 bits per heavy atom. The summed E-state index contributed by atoms with van der Waals surface area (Å²) in [6, 6.07) is 23.9. The molecule has 0 atom stereocenters. The molecule has 6 nitrogen and oxygen atoms in total. The van der Waals surface area contributed by atoms with Crippen LogP contribution in [0.5, 0.6) is 0 Å². The first kappa shape index (κ1) is 21.8. The summed E-state index contributed by atoms with van der Waals surface area (Å²) in [5, 5.41) is 7.96. The summed E-state index contributed by atoms with van der Waals surface area (Å²) in [4.78, 5) is 37.1. The highest BCUT2D eigenvalue weighted by Crippen LogP contribution is 2.15. The maximum Gasteiger partial charge on any atom is 0.313 e. The Kier molecular flexibility index (Phi) is 7.54. The van der Waals surface area contributed by atoms with Gasteiger partial charge in [-0.15, -0.1) is 0 Å². The monoisotopic (exact) mass is 415 g/mol. The highest BCUT2D eigenvalue weighted by atomic mass is 16.2. The summed E-state index contributed by atoms with van der Waals surface area (Å²) in [7, 11) is 0. The first-order valence-corrected chi connectivity index (χ1v) is 10.1. The second-order valence-corrected chi connectivity index (χ2v) is 7.02. The molecule has 0 unspecified atom stereocenters. The predicted molar refractivity (Wildman–Crippen MR) is 120 cm³/mol. The molecule has 0 aliphatic carbocycles. The maximum absolute atomic E-state index is 12.6. The molecule has 3 rings (SSSR count). The largest absolute Gasteiger partial charge is 0.348 e. The van der Waals surface area contributed by atoms with Gasteiger partial charge in [-0.1, -0.05) is 73.7 Å². The molecule has 0 fully saturated rings. The van der Waals surface area contributed by atoms with Crippen LogP contribution in [-0.2, 0) is 29.1 Å². The van der Waals surface area contributed by atoms with Gasteiger partial charge in [-0.25, -0.2) is 0 Å². The van der Waals surface area contributed by atoms with Crippen LogP contribution >= 0.6 is 0 Å². The molecule has 3 amide bonds. The molecular weight excluding hydrogens is 390 g/mol. The molecule has 3 N–H and O–H groups in total. The lowest BCUT2D eigenvalue weighted by Crippen LogP contribution is -2.35. The molecule has 0 aliphatic heterocycles. The maximum atomic E-state index is 12.6. The van der Waals surface area contributed by atoms with Crippen molar-refractivity contribution in [3.05, 3.63) is 101 Å². The summed E-state index contributed by atoms with van der Waals surface area (Å²) >= 11 is 0. The van der Waals surface area contributed by atoms with E-state index in [-0.39, 0.29) is 23.7 Å². The van der Waals surface area contributed by atoms with E-state index in [0.717, 1.165) is 17.5 Å². The van der Waals surface area contributed by atoms with Gasteiger partial charge in [0.2, 0.25) is 0 Å². The van der Waals surface area contributed by atoms with Crippen molar-refractivity contribution >= 4 is 23.4 Å². The van der Waals surface area contributed by atoms with Crippen molar-refractivity contribution in [2.45, 2.75) is 26.4 Å². The number of carbonyl (C=O) groups is 3. The van der Waals surface area contributed by atoms with Crippen molar-refractivity contribution in [1.29, 1.82) is 0 Å². The number of hydrogen-bond acceptors (Lipinski definition) is 3. The zero-order chi connectivity index (χ0) is 22.1. The number of benzene rings is 3. The van der Waals surface area contributed by atoms with Gasteiger partial charge >= 0.3 is 11.8 Å². The zero-order valence-corrected chi connectivity index (χ0v) is 17.4. The molecule has 0 spiro atoms. The minimum atomic E-state index is -0.825. The van der Waals surface area contributed by atoms with Crippen LogP contribution in [-0.4, -0.2) is 17.7 Å². The molecule has 0 radical (unpaired) electrons. The van der Waals surface area contributed by atoms with E-state index in [1.807, 2.05) is 54.6 Å². The minimum absolute atomic E-state index is 0.245. The van der Waals surface area contributed by atoms with E-state index in [4.69, 9.17) is 0 Å². The van der Waals surface area contributed by atoms with E-state index >= 15 is 0 Å². The first-order chi connectivity index (χ1) is 15.1. The predicted octanol–water partition coefficient (Wildman–Crippen LogP) is 3.43. The lowest BCUT2D eigenvalue weighted by molar-refractivity contribution is -0.136. The number of rotatable bonds is 7. The van der Waals surface area contributed by atoms with Crippen LogP contribution in [0.25, 0.3) is 0 Å². The second kappa shape index (κ2) is 10.7. The SMILES string of the molecule is CCc1ccc(CNC(=O)C(=O)Nc2ccccc2C(=O)NCc2ccccc2)cc1. The van der Waals surface area contributed by atoms with Crippen LogP contribution in [0, 0.1) is 0 Å². The molecule has 0 aromatic heterocycles. The quantitative estimate of drug-likeness (QED) is 0.517. The van der Waals surface area contributed by atoms with Crippen LogP contribution in [0.3, 0.4) is 0 Å². The molecular formula is C25H25N3O3. The lowest BCUT2D eigenvalue weighted by Gasteiger charge is -2.12. The molecule has 31 heavy (non-hydrogen) atoms. The summed E-state index contributed by atoms with van der Waals surface area (Å²) < 4.78 is 0. The van der Waals surface area contributed by atoms with E-state index in [0.29, 0.717) is 6.54 Å². The van der Waals surface area contributed by atoms with Crippen molar-refractivity contribution < 1.29 is 14.4 Å². The van der Waals surface area contributed by atoms with Gasteiger partial charge in [0, 0.05) is 13.1 Å². The number of hydrogen-bond donors (Lipinski definition) is 3. The second-order valence-electron chi connectivity index (χ2n) is 7.02.